The molecule has 0 spiro atoms. The van der Waals surface area contributed by atoms with E-state index in [9.17, 15) is 19.7 Å². The molecular formula is C20H27N3O5. The van der Waals surface area contributed by atoms with Gasteiger partial charge in [-0.05, 0) is 43.7 Å². The van der Waals surface area contributed by atoms with Crippen molar-refractivity contribution >= 4 is 23.3 Å². The topological polar surface area (TPSA) is 102 Å². The Balaban J connectivity index is 1.59. The average Bonchev–Trinajstić information content (AvgIpc) is 3.22. The summed E-state index contributed by atoms with van der Waals surface area (Å²) in [4.78, 5) is 37.3. The molecule has 0 aromatic heterocycles. The highest BCUT2D eigenvalue weighted by atomic mass is 16.6. The van der Waals surface area contributed by atoms with E-state index in [1.54, 1.807) is 6.07 Å². The number of hydrogen-bond acceptors (Lipinski definition) is 6. The third-order valence-electron chi connectivity index (χ3n) is 5.65. The second kappa shape index (κ2) is 9.03. The van der Waals surface area contributed by atoms with Crippen LogP contribution in [0.15, 0.2) is 18.2 Å². The molecule has 1 N–H and O–H groups in total. The van der Waals surface area contributed by atoms with E-state index in [2.05, 4.69) is 12.2 Å². The third kappa shape index (κ3) is 4.79. The van der Waals surface area contributed by atoms with Gasteiger partial charge in [0.25, 0.3) is 11.6 Å². The van der Waals surface area contributed by atoms with Crippen LogP contribution in [0.25, 0.3) is 0 Å². The Kier molecular flexibility index (Phi) is 6.49. The molecule has 0 radical (unpaired) electrons. The highest BCUT2D eigenvalue weighted by molar-refractivity contribution is 5.93. The summed E-state index contributed by atoms with van der Waals surface area (Å²) in [6.45, 7) is 3.26. The maximum Gasteiger partial charge on any atom is 0.338 e. The molecule has 1 aromatic rings. The van der Waals surface area contributed by atoms with Crippen molar-refractivity contribution in [2.75, 3.05) is 24.6 Å². The fourth-order valence-electron chi connectivity index (χ4n) is 4.02. The van der Waals surface area contributed by atoms with Gasteiger partial charge >= 0.3 is 5.97 Å². The molecule has 2 atom stereocenters. The van der Waals surface area contributed by atoms with E-state index < -0.39 is 10.9 Å². The number of hydrogen-bond donors (Lipinski definition) is 1. The number of nitrogens with zero attached hydrogens (tertiary/aromatic N) is 2. The normalized spacial score (nSPS) is 22.0. The van der Waals surface area contributed by atoms with Crippen LogP contribution in [0.4, 0.5) is 11.4 Å². The van der Waals surface area contributed by atoms with Crippen LogP contribution < -0.4 is 10.2 Å². The van der Waals surface area contributed by atoms with Crippen LogP contribution in [0.2, 0.25) is 0 Å². The summed E-state index contributed by atoms with van der Waals surface area (Å²) >= 11 is 0. The zero-order valence-electron chi connectivity index (χ0n) is 16.2. The number of carbonyl (C=O) groups excluding carboxylic acids is 2. The van der Waals surface area contributed by atoms with E-state index in [1.165, 1.54) is 18.6 Å². The van der Waals surface area contributed by atoms with E-state index in [-0.39, 0.29) is 29.8 Å². The summed E-state index contributed by atoms with van der Waals surface area (Å²) in [5, 5.41) is 14.4. The SMILES string of the molecule is C[C@@H]1CCCC[C@H]1NC(=O)COC(=O)c1ccc(N2CCCC2)c([N+](=O)[O-])c1. The van der Waals surface area contributed by atoms with Gasteiger partial charge in [-0.25, -0.2) is 4.79 Å². The molecule has 1 aliphatic carbocycles. The van der Waals surface area contributed by atoms with Gasteiger partial charge in [0.05, 0.1) is 10.5 Å². The molecule has 8 nitrogen and oxygen atoms in total. The fraction of sp³-hybridized carbons (Fsp3) is 0.600. The first-order chi connectivity index (χ1) is 13.5. The predicted octanol–water partition coefficient (Wildman–Crippen LogP) is 3.05. The van der Waals surface area contributed by atoms with Gasteiger partial charge in [-0.2, -0.15) is 0 Å². The van der Waals surface area contributed by atoms with Crippen molar-refractivity contribution in [2.45, 2.75) is 51.5 Å². The molecule has 1 saturated heterocycles. The minimum atomic E-state index is -0.733. The van der Waals surface area contributed by atoms with Crippen LogP contribution in [-0.2, 0) is 9.53 Å². The molecule has 8 heteroatoms. The number of rotatable bonds is 6. The molecular weight excluding hydrogens is 362 g/mol. The second-order valence-corrected chi connectivity index (χ2v) is 7.67. The minimum Gasteiger partial charge on any atom is -0.452 e. The molecule has 1 heterocycles. The zero-order valence-corrected chi connectivity index (χ0v) is 16.2. The number of nitrogens with one attached hydrogen (secondary N) is 1. The monoisotopic (exact) mass is 389 g/mol. The fourth-order valence-corrected chi connectivity index (χ4v) is 4.02. The van der Waals surface area contributed by atoms with E-state index in [4.69, 9.17) is 4.74 Å². The van der Waals surface area contributed by atoms with E-state index in [1.807, 2.05) is 4.90 Å². The standard InChI is InChI=1S/C20H27N3O5/c1-14-6-2-3-7-16(14)21-19(24)13-28-20(25)15-8-9-17(18(12-15)23(26)27)22-10-4-5-11-22/h8-9,12,14,16H,2-7,10-11,13H2,1H3,(H,21,24)/t14-,16-/m1/s1. The average molecular weight is 389 g/mol. The smallest absolute Gasteiger partial charge is 0.338 e. The number of benzene rings is 1. The first-order valence-electron chi connectivity index (χ1n) is 9.95. The van der Waals surface area contributed by atoms with Gasteiger partial charge < -0.3 is 15.0 Å². The Bertz CT molecular complexity index is 745. The summed E-state index contributed by atoms with van der Waals surface area (Å²) in [5.74, 6) is -0.660. The maximum atomic E-state index is 12.3. The van der Waals surface area contributed by atoms with E-state index >= 15 is 0 Å². The first kappa shape index (κ1) is 20.1. The van der Waals surface area contributed by atoms with Gasteiger partial charge in [0.2, 0.25) is 0 Å². The van der Waals surface area contributed by atoms with Crippen molar-refractivity contribution < 1.29 is 19.2 Å². The number of ether oxygens (including phenoxy) is 1. The Labute approximate surface area is 164 Å². The number of nitro benzene ring substituents is 1. The Morgan fingerprint density at radius 3 is 2.61 bits per heavy atom. The van der Waals surface area contributed by atoms with Crippen LogP contribution in [0, 0.1) is 16.0 Å². The van der Waals surface area contributed by atoms with Gasteiger partial charge in [-0.15, -0.1) is 0 Å². The largest absolute Gasteiger partial charge is 0.452 e. The Hall–Kier alpha value is -2.64. The molecule has 1 aromatic carbocycles. The Morgan fingerprint density at radius 2 is 1.93 bits per heavy atom. The number of amides is 1. The van der Waals surface area contributed by atoms with Crippen molar-refractivity contribution in [3.05, 3.63) is 33.9 Å². The minimum absolute atomic E-state index is 0.0773. The van der Waals surface area contributed by atoms with Crippen LogP contribution >= 0.6 is 0 Å². The second-order valence-electron chi connectivity index (χ2n) is 7.67. The number of anilines is 1. The lowest BCUT2D eigenvalue weighted by Gasteiger charge is -2.29. The van der Waals surface area contributed by atoms with E-state index in [0.717, 1.165) is 45.2 Å². The maximum absolute atomic E-state index is 12.3. The van der Waals surface area contributed by atoms with Crippen LogP contribution in [-0.4, -0.2) is 42.5 Å². The van der Waals surface area contributed by atoms with Crippen molar-refractivity contribution in [3.63, 3.8) is 0 Å². The van der Waals surface area contributed by atoms with Gasteiger partial charge in [-0.3, -0.25) is 14.9 Å². The summed E-state index contributed by atoms with van der Waals surface area (Å²) in [7, 11) is 0. The van der Waals surface area contributed by atoms with Gasteiger partial charge in [-0.1, -0.05) is 19.8 Å². The highest BCUT2D eigenvalue weighted by Gasteiger charge is 2.25. The summed E-state index contributed by atoms with van der Waals surface area (Å²) < 4.78 is 5.08. The lowest BCUT2D eigenvalue weighted by atomic mass is 9.86. The van der Waals surface area contributed by atoms with Crippen molar-refractivity contribution in [3.8, 4) is 0 Å². The molecule has 1 amide bonds. The summed E-state index contributed by atoms with van der Waals surface area (Å²) in [6, 6.07) is 4.45. The van der Waals surface area contributed by atoms with Gasteiger partial charge in [0.15, 0.2) is 6.61 Å². The van der Waals surface area contributed by atoms with Crippen LogP contribution in [0.1, 0.15) is 55.8 Å². The summed E-state index contributed by atoms with van der Waals surface area (Å²) in [6.07, 6.45) is 6.27. The molecule has 2 fully saturated rings. The lowest BCUT2D eigenvalue weighted by Crippen LogP contribution is -2.42. The molecule has 28 heavy (non-hydrogen) atoms. The lowest BCUT2D eigenvalue weighted by molar-refractivity contribution is -0.384. The Morgan fingerprint density at radius 1 is 1.21 bits per heavy atom. The molecule has 0 bridgehead atoms. The number of nitro groups is 1. The van der Waals surface area contributed by atoms with Crippen LogP contribution in [0.3, 0.4) is 0 Å². The van der Waals surface area contributed by atoms with Crippen molar-refractivity contribution in [2.24, 2.45) is 5.92 Å². The van der Waals surface area contributed by atoms with Crippen molar-refractivity contribution in [1.29, 1.82) is 0 Å². The molecule has 3 rings (SSSR count). The zero-order chi connectivity index (χ0) is 20.1. The third-order valence-corrected chi connectivity index (χ3v) is 5.65. The first-order valence-corrected chi connectivity index (χ1v) is 9.95. The number of carbonyl (C=O) groups is 2. The van der Waals surface area contributed by atoms with Gasteiger partial charge in [0, 0.05) is 25.2 Å². The molecule has 1 aliphatic heterocycles. The van der Waals surface area contributed by atoms with E-state index in [0.29, 0.717) is 11.6 Å². The van der Waals surface area contributed by atoms with Crippen molar-refractivity contribution in [1.82, 2.24) is 5.32 Å². The molecule has 1 saturated carbocycles. The number of esters is 1. The molecule has 152 valence electrons. The predicted molar refractivity (Wildman–Crippen MR) is 104 cm³/mol. The molecule has 2 aliphatic rings. The molecule has 0 unspecified atom stereocenters. The van der Waals surface area contributed by atoms with Crippen LogP contribution in [0.5, 0.6) is 0 Å². The highest BCUT2D eigenvalue weighted by Crippen LogP contribution is 2.31. The summed E-state index contributed by atoms with van der Waals surface area (Å²) in [5.41, 5.74) is 0.480. The van der Waals surface area contributed by atoms with Gasteiger partial charge in [0.1, 0.15) is 5.69 Å². The quantitative estimate of drug-likeness (QED) is 0.456.